The molecule has 0 radical (unpaired) electrons. The molecule has 4 rings (SSSR count). The molecule has 0 aliphatic heterocycles. The Balaban J connectivity index is 1.57. The van der Waals surface area contributed by atoms with E-state index >= 15 is 0 Å². The lowest BCUT2D eigenvalue weighted by molar-refractivity contribution is -0.121. The van der Waals surface area contributed by atoms with Crippen molar-refractivity contribution in [2.24, 2.45) is 0 Å². The highest BCUT2D eigenvalue weighted by atomic mass is 32.1. The van der Waals surface area contributed by atoms with Crippen LogP contribution in [0.4, 0.5) is 0 Å². The number of H-pyrrole nitrogens is 1. The Hall–Kier alpha value is -3.25. The van der Waals surface area contributed by atoms with Crippen LogP contribution >= 0.6 is 11.3 Å². The van der Waals surface area contributed by atoms with Crippen LogP contribution in [0.1, 0.15) is 34.8 Å². The minimum Gasteiger partial charge on any atom is -0.493 e. The summed E-state index contributed by atoms with van der Waals surface area (Å²) in [6.07, 6.45) is 4.30. The van der Waals surface area contributed by atoms with Crippen molar-refractivity contribution in [3.63, 3.8) is 0 Å². The first-order valence-electron chi connectivity index (χ1n) is 10.8. The van der Waals surface area contributed by atoms with Gasteiger partial charge >= 0.3 is 0 Å². The molecule has 5 nitrogen and oxygen atoms in total. The predicted octanol–water partition coefficient (Wildman–Crippen LogP) is 5.52. The maximum atomic E-state index is 12.6. The predicted molar refractivity (Wildman–Crippen MR) is 130 cm³/mol. The fourth-order valence-electron chi connectivity index (χ4n) is 4.14. The first-order valence-corrected chi connectivity index (χ1v) is 11.6. The maximum Gasteiger partial charge on any atom is 0.220 e. The molecule has 0 saturated heterocycles. The number of para-hydroxylation sites is 2. The molecular formula is C26H28N2O3S. The molecule has 0 aliphatic rings. The molecule has 2 aromatic carbocycles. The van der Waals surface area contributed by atoms with E-state index in [0.29, 0.717) is 24.5 Å². The van der Waals surface area contributed by atoms with Crippen LogP contribution in [0, 0.1) is 0 Å². The Bertz CT molecular complexity index is 1170. The molecule has 166 valence electrons. The van der Waals surface area contributed by atoms with Crippen molar-refractivity contribution in [1.82, 2.24) is 10.3 Å². The second-order valence-electron chi connectivity index (χ2n) is 7.66. The topological polar surface area (TPSA) is 63.3 Å². The number of aromatic nitrogens is 1. The van der Waals surface area contributed by atoms with E-state index in [4.69, 9.17) is 9.47 Å². The number of rotatable bonds is 10. The molecule has 1 unspecified atom stereocenters. The molecule has 2 heterocycles. The van der Waals surface area contributed by atoms with Gasteiger partial charge in [-0.1, -0.05) is 36.4 Å². The second-order valence-corrected chi connectivity index (χ2v) is 8.69. The van der Waals surface area contributed by atoms with E-state index in [1.54, 1.807) is 25.6 Å². The van der Waals surface area contributed by atoms with Gasteiger partial charge in [-0.25, -0.2) is 0 Å². The quantitative estimate of drug-likeness (QED) is 0.336. The molecule has 4 aromatic rings. The highest BCUT2D eigenvalue weighted by Crippen LogP contribution is 2.40. The summed E-state index contributed by atoms with van der Waals surface area (Å²) in [6, 6.07) is 18.3. The monoisotopic (exact) mass is 448 g/mol. The summed E-state index contributed by atoms with van der Waals surface area (Å²) in [5, 5.41) is 6.36. The van der Waals surface area contributed by atoms with Gasteiger partial charge in [-0.15, -0.1) is 11.3 Å². The summed E-state index contributed by atoms with van der Waals surface area (Å²) in [5.74, 6) is 1.35. The van der Waals surface area contributed by atoms with Crippen LogP contribution in [-0.4, -0.2) is 31.7 Å². The van der Waals surface area contributed by atoms with Gasteiger partial charge in [0.15, 0.2) is 11.5 Å². The summed E-state index contributed by atoms with van der Waals surface area (Å²) in [6.45, 7) is 0.475. The van der Waals surface area contributed by atoms with E-state index < -0.39 is 0 Å². The van der Waals surface area contributed by atoms with Gasteiger partial charge in [0.2, 0.25) is 5.91 Å². The molecule has 6 heteroatoms. The van der Waals surface area contributed by atoms with Crippen LogP contribution < -0.4 is 14.8 Å². The number of amides is 1. The van der Waals surface area contributed by atoms with Crippen LogP contribution in [0.5, 0.6) is 11.5 Å². The number of nitrogens with one attached hydrogen (secondary N) is 2. The molecule has 2 N–H and O–H groups in total. The zero-order valence-corrected chi connectivity index (χ0v) is 19.2. The average molecular weight is 449 g/mol. The van der Waals surface area contributed by atoms with E-state index in [1.807, 2.05) is 42.6 Å². The van der Waals surface area contributed by atoms with E-state index in [2.05, 4.69) is 33.9 Å². The van der Waals surface area contributed by atoms with Crippen LogP contribution in [0.25, 0.3) is 10.9 Å². The van der Waals surface area contributed by atoms with Gasteiger partial charge in [0.25, 0.3) is 0 Å². The number of hydrogen-bond acceptors (Lipinski definition) is 4. The molecule has 0 spiro atoms. The summed E-state index contributed by atoms with van der Waals surface area (Å²) < 4.78 is 11.3. The molecule has 32 heavy (non-hydrogen) atoms. The van der Waals surface area contributed by atoms with Gasteiger partial charge in [-0.2, -0.15) is 0 Å². The maximum absolute atomic E-state index is 12.6. The van der Waals surface area contributed by atoms with Gasteiger partial charge < -0.3 is 19.8 Å². The van der Waals surface area contributed by atoms with Crippen LogP contribution in [-0.2, 0) is 11.2 Å². The van der Waals surface area contributed by atoms with Crippen molar-refractivity contribution >= 4 is 28.1 Å². The molecule has 0 saturated carbocycles. The van der Waals surface area contributed by atoms with Crippen LogP contribution in [0.3, 0.4) is 0 Å². The zero-order valence-electron chi connectivity index (χ0n) is 18.4. The smallest absolute Gasteiger partial charge is 0.220 e. The zero-order chi connectivity index (χ0) is 22.3. The highest BCUT2D eigenvalue weighted by Gasteiger charge is 2.24. The lowest BCUT2D eigenvalue weighted by Crippen LogP contribution is -2.29. The van der Waals surface area contributed by atoms with Crippen molar-refractivity contribution in [2.75, 3.05) is 20.8 Å². The summed E-state index contributed by atoms with van der Waals surface area (Å²) >= 11 is 1.74. The number of aromatic amines is 1. The van der Waals surface area contributed by atoms with Crippen molar-refractivity contribution in [3.05, 3.63) is 82.2 Å². The molecule has 1 atom stereocenters. The average Bonchev–Trinajstić information content (AvgIpc) is 3.49. The number of thiophene rings is 1. The van der Waals surface area contributed by atoms with Crippen molar-refractivity contribution in [1.29, 1.82) is 0 Å². The Morgan fingerprint density at radius 1 is 1.03 bits per heavy atom. The van der Waals surface area contributed by atoms with E-state index in [-0.39, 0.29) is 11.8 Å². The molecule has 0 fully saturated rings. The second kappa shape index (κ2) is 10.4. The first kappa shape index (κ1) is 22.0. The van der Waals surface area contributed by atoms with Crippen molar-refractivity contribution < 1.29 is 14.3 Å². The van der Waals surface area contributed by atoms with Gasteiger partial charge in [0, 0.05) is 46.4 Å². The minimum atomic E-state index is -0.0857. The van der Waals surface area contributed by atoms with E-state index in [9.17, 15) is 4.79 Å². The summed E-state index contributed by atoms with van der Waals surface area (Å²) in [5.41, 5.74) is 3.16. The number of ether oxygens (including phenoxy) is 2. The number of methoxy groups -OCH3 is 2. The number of aryl methyl sites for hydroxylation is 1. The first-order chi connectivity index (χ1) is 15.7. The number of carbonyl (C=O) groups is 1. The molecular weight excluding hydrogens is 420 g/mol. The van der Waals surface area contributed by atoms with Gasteiger partial charge in [0.05, 0.1) is 14.2 Å². The number of carbonyl (C=O) groups excluding carboxylic acids is 1. The van der Waals surface area contributed by atoms with Crippen molar-refractivity contribution in [2.45, 2.75) is 25.2 Å². The van der Waals surface area contributed by atoms with Gasteiger partial charge in [-0.05, 0) is 42.0 Å². The highest BCUT2D eigenvalue weighted by molar-refractivity contribution is 7.09. The minimum absolute atomic E-state index is 0.0632. The molecule has 2 aromatic heterocycles. The van der Waals surface area contributed by atoms with E-state index in [0.717, 1.165) is 34.9 Å². The molecule has 1 amide bonds. The normalized spacial score (nSPS) is 11.9. The molecule has 0 bridgehead atoms. The summed E-state index contributed by atoms with van der Waals surface area (Å²) in [4.78, 5) is 17.3. The largest absolute Gasteiger partial charge is 0.493 e. The Morgan fingerprint density at radius 3 is 2.69 bits per heavy atom. The third-order valence-electron chi connectivity index (χ3n) is 5.72. The van der Waals surface area contributed by atoms with Crippen molar-refractivity contribution in [3.8, 4) is 11.5 Å². The van der Waals surface area contributed by atoms with E-state index in [1.165, 1.54) is 4.88 Å². The van der Waals surface area contributed by atoms with Crippen LogP contribution in [0.2, 0.25) is 0 Å². The number of benzene rings is 2. The lowest BCUT2D eigenvalue weighted by atomic mass is 9.89. The SMILES string of the molecule is COc1cccc(C(CNC(=O)CCCc2cccs2)c2c[nH]c3ccccc23)c1OC. The lowest BCUT2D eigenvalue weighted by Gasteiger charge is -2.22. The fraction of sp³-hybridized carbons (Fsp3) is 0.269. The third kappa shape index (κ3) is 4.81. The fourth-order valence-corrected chi connectivity index (χ4v) is 4.89. The number of fused-ring (bicyclic) bond motifs is 1. The summed E-state index contributed by atoms with van der Waals surface area (Å²) in [7, 11) is 3.29. The molecule has 0 aliphatic carbocycles. The Labute approximate surface area is 192 Å². The Kier molecular flexibility index (Phi) is 7.12. The number of hydrogen-bond donors (Lipinski definition) is 2. The third-order valence-corrected chi connectivity index (χ3v) is 6.65. The van der Waals surface area contributed by atoms with Crippen LogP contribution in [0.15, 0.2) is 66.2 Å². The van der Waals surface area contributed by atoms with Gasteiger partial charge in [0.1, 0.15) is 0 Å². The van der Waals surface area contributed by atoms with Gasteiger partial charge in [-0.3, -0.25) is 4.79 Å². The Morgan fingerprint density at radius 2 is 1.91 bits per heavy atom. The standard InChI is InChI=1S/C26H28N2O3S/c1-30-24-13-6-11-20(26(24)31-2)22(21-16-27-23-12-4-3-10-19(21)23)17-28-25(29)14-5-8-18-9-7-15-32-18/h3-4,6-7,9-13,15-16,22,27H,5,8,14,17H2,1-2H3,(H,28,29).